The highest BCUT2D eigenvalue weighted by atomic mass is 79.9. The molecule has 1 nitrogen and oxygen atoms in total. The van der Waals surface area contributed by atoms with Gasteiger partial charge < -0.3 is 4.74 Å². The van der Waals surface area contributed by atoms with Crippen LogP contribution in [0.15, 0.2) is 27.1 Å². The van der Waals surface area contributed by atoms with Gasteiger partial charge in [0.15, 0.2) is 0 Å². The molecule has 1 aromatic rings. The van der Waals surface area contributed by atoms with Crippen LogP contribution in [0.3, 0.4) is 0 Å². The predicted molar refractivity (Wildman–Crippen MR) is 76.1 cm³/mol. The van der Waals surface area contributed by atoms with Crippen molar-refractivity contribution in [3.05, 3.63) is 27.1 Å². The van der Waals surface area contributed by atoms with Crippen LogP contribution in [0.1, 0.15) is 39.0 Å². The second-order valence-electron chi connectivity index (χ2n) is 3.84. The highest BCUT2D eigenvalue weighted by molar-refractivity contribution is 9.11. The van der Waals surface area contributed by atoms with Gasteiger partial charge in [0.25, 0.3) is 0 Å². The smallest absolute Gasteiger partial charge is 0.133 e. The maximum absolute atomic E-state index is 5.70. The first kappa shape index (κ1) is 14.0. The van der Waals surface area contributed by atoms with Gasteiger partial charge in [0, 0.05) is 4.47 Å². The van der Waals surface area contributed by atoms with Crippen LogP contribution in [0.25, 0.3) is 0 Å². The van der Waals surface area contributed by atoms with Gasteiger partial charge in [-0.05, 0) is 40.5 Å². The molecule has 0 unspecified atom stereocenters. The molecule has 16 heavy (non-hydrogen) atoms. The number of halogens is 2. The van der Waals surface area contributed by atoms with Crippen LogP contribution in [-0.4, -0.2) is 6.61 Å². The highest BCUT2D eigenvalue weighted by Gasteiger charge is 2.00. The molecule has 3 heteroatoms. The molecule has 0 N–H and O–H groups in total. The predicted octanol–water partition coefficient (Wildman–Crippen LogP) is 5.56. The van der Waals surface area contributed by atoms with Crippen molar-refractivity contribution >= 4 is 31.9 Å². The number of benzene rings is 1. The third-order valence-corrected chi connectivity index (χ3v) is 3.51. The van der Waals surface area contributed by atoms with Crippen molar-refractivity contribution in [2.24, 2.45) is 0 Å². The van der Waals surface area contributed by atoms with E-state index >= 15 is 0 Å². The molecule has 0 heterocycles. The molecule has 0 atom stereocenters. The maximum Gasteiger partial charge on any atom is 0.133 e. The normalized spacial score (nSPS) is 10.4. The number of unbranched alkanes of at least 4 members (excludes halogenated alkanes) is 4. The Morgan fingerprint density at radius 2 is 1.81 bits per heavy atom. The first-order valence-corrected chi connectivity index (χ1v) is 7.40. The van der Waals surface area contributed by atoms with Gasteiger partial charge in [-0.25, -0.2) is 0 Å². The molecular formula is C13H18Br2O. The highest BCUT2D eigenvalue weighted by Crippen LogP contribution is 2.28. The second kappa shape index (κ2) is 8.13. The Hall–Kier alpha value is -0.0200. The molecule has 0 aliphatic heterocycles. The molecule has 0 amide bonds. The number of ether oxygens (including phenoxy) is 1. The number of hydrogen-bond donors (Lipinski definition) is 0. The fraction of sp³-hybridized carbons (Fsp3) is 0.538. The molecule has 0 fully saturated rings. The van der Waals surface area contributed by atoms with E-state index in [1.54, 1.807) is 0 Å². The minimum absolute atomic E-state index is 0.809. The molecule has 1 aromatic carbocycles. The Labute approximate surface area is 115 Å². The molecule has 0 radical (unpaired) electrons. The van der Waals surface area contributed by atoms with Gasteiger partial charge in [0.1, 0.15) is 5.75 Å². The van der Waals surface area contributed by atoms with Crippen LogP contribution in [0.5, 0.6) is 5.75 Å². The lowest BCUT2D eigenvalue weighted by atomic mass is 10.2. The zero-order chi connectivity index (χ0) is 11.8. The molecule has 0 saturated heterocycles. The largest absolute Gasteiger partial charge is 0.492 e. The zero-order valence-corrected chi connectivity index (χ0v) is 12.8. The summed E-state index contributed by atoms with van der Waals surface area (Å²) in [7, 11) is 0. The lowest BCUT2D eigenvalue weighted by Gasteiger charge is -2.08. The van der Waals surface area contributed by atoms with E-state index in [9.17, 15) is 0 Å². The first-order chi connectivity index (χ1) is 7.74. The molecule has 0 aromatic heterocycles. The van der Waals surface area contributed by atoms with Gasteiger partial charge in [0.05, 0.1) is 11.1 Å². The van der Waals surface area contributed by atoms with Gasteiger partial charge in [0.2, 0.25) is 0 Å². The van der Waals surface area contributed by atoms with E-state index in [4.69, 9.17) is 4.74 Å². The lowest BCUT2D eigenvalue weighted by Crippen LogP contribution is -1.97. The fourth-order valence-electron chi connectivity index (χ4n) is 1.48. The van der Waals surface area contributed by atoms with E-state index in [1.807, 2.05) is 18.2 Å². The summed E-state index contributed by atoms with van der Waals surface area (Å²) in [6, 6.07) is 5.99. The summed E-state index contributed by atoms with van der Waals surface area (Å²) in [5, 5.41) is 0. The van der Waals surface area contributed by atoms with E-state index < -0.39 is 0 Å². The zero-order valence-electron chi connectivity index (χ0n) is 9.64. The molecular weight excluding hydrogens is 332 g/mol. The molecule has 0 bridgehead atoms. The first-order valence-electron chi connectivity index (χ1n) is 5.82. The van der Waals surface area contributed by atoms with Gasteiger partial charge >= 0.3 is 0 Å². The topological polar surface area (TPSA) is 9.23 Å². The second-order valence-corrected chi connectivity index (χ2v) is 5.61. The summed E-state index contributed by atoms with van der Waals surface area (Å²) in [5.74, 6) is 0.929. The lowest BCUT2D eigenvalue weighted by molar-refractivity contribution is 0.303. The van der Waals surface area contributed by atoms with Gasteiger partial charge in [-0.2, -0.15) is 0 Å². The van der Waals surface area contributed by atoms with E-state index in [-0.39, 0.29) is 0 Å². The van der Waals surface area contributed by atoms with Crippen LogP contribution in [0.4, 0.5) is 0 Å². The van der Waals surface area contributed by atoms with Crippen LogP contribution < -0.4 is 4.74 Å². The van der Waals surface area contributed by atoms with Crippen molar-refractivity contribution in [3.8, 4) is 5.75 Å². The Kier molecular flexibility index (Phi) is 7.13. The third kappa shape index (κ3) is 5.35. The molecule has 1 rings (SSSR count). The minimum Gasteiger partial charge on any atom is -0.492 e. The van der Waals surface area contributed by atoms with Crippen molar-refractivity contribution in [1.29, 1.82) is 0 Å². The fourth-order valence-corrected chi connectivity index (χ4v) is 2.64. The van der Waals surface area contributed by atoms with Crippen molar-refractivity contribution in [1.82, 2.24) is 0 Å². The SMILES string of the molecule is CCCCCCCOc1ccc(Br)cc1Br. The average molecular weight is 350 g/mol. The maximum atomic E-state index is 5.70. The van der Waals surface area contributed by atoms with Crippen LogP contribution in [-0.2, 0) is 0 Å². The van der Waals surface area contributed by atoms with Crippen molar-refractivity contribution in [2.75, 3.05) is 6.61 Å². The van der Waals surface area contributed by atoms with E-state index in [2.05, 4.69) is 38.8 Å². The van der Waals surface area contributed by atoms with E-state index in [1.165, 1.54) is 25.7 Å². The van der Waals surface area contributed by atoms with Gasteiger partial charge in [-0.15, -0.1) is 0 Å². The Bertz CT molecular complexity index is 313. The monoisotopic (exact) mass is 348 g/mol. The van der Waals surface area contributed by atoms with E-state index in [0.717, 1.165) is 27.7 Å². The van der Waals surface area contributed by atoms with Crippen LogP contribution >= 0.6 is 31.9 Å². The summed E-state index contributed by atoms with van der Waals surface area (Å²) in [6.07, 6.45) is 6.35. The van der Waals surface area contributed by atoms with Gasteiger partial charge in [-0.3, -0.25) is 0 Å². The quantitative estimate of drug-likeness (QED) is 0.585. The summed E-state index contributed by atoms with van der Waals surface area (Å²) >= 11 is 6.91. The molecule has 0 aliphatic rings. The van der Waals surface area contributed by atoms with Crippen molar-refractivity contribution < 1.29 is 4.74 Å². The summed E-state index contributed by atoms with van der Waals surface area (Å²) in [5.41, 5.74) is 0. The van der Waals surface area contributed by atoms with Crippen LogP contribution in [0.2, 0.25) is 0 Å². The average Bonchev–Trinajstić information content (AvgIpc) is 2.26. The van der Waals surface area contributed by atoms with Crippen molar-refractivity contribution in [3.63, 3.8) is 0 Å². The minimum atomic E-state index is 0.809. The summed E-state index contributed by atoms with van der Waals surface area (Å²) < 4.78 is 7.78. The third-order valence-electron chi connectivity index (χ3n) is 2.40. The summed E-state index contributed by atoms with van der Waals surface area (Å²) in [4.78, 5) is 0. The Morgan fingerprint density at radius 1 is 1.06 bits per heavy atom. The van der Waals surface area contributed by atoms with E-state index in [0.29, 0.717) is 0 Å². The standard InChI is InChI=1S/C13H18Br2O/c1-2-3-4-5-6-9-16-13-8-7-11(14)10-12(13)15/h7-8,10H,2-6,9H2,1H3. The molecule has 0 saturated carbocycles. The number of hydrogen-bond acceptors (Lipinski definition) is 1. The van der Waals surface area contributed by atoms with Crippen LogP contribution in [0, 0.1) is 0 Å². The molecule has 0 aliphatic carbocycles. The van der Waals surface area contributed by atoms with Gasteiger partial charge in [-0.1, -0.05) is 48.5 Å². The number of rotatable bonds is 7. The Balaban J connectivity index is 2.21. The Morgan fingerprint density at radius 3 is 2.50 bits per heavy atom. The molecule has 90 valence electrons. The summed E-state index contributed by atoms with van der Waals surface area (Å²) in [6.45, 7) is 3.04. The van der Waals surface area contributed by atoms with Crippen molar-refractivity contribution in [2.45, 2.75) is 39.0 Å². The molecule has 0 spiro atoms.